The van der Waals surface area contributed by atoms with Gasteiger partial charge in [0, 0.05) is 19.0 Å². The van der Waals surface area contributed by atoms with Gasteiger partial charge in [-0.1, -0.05) is 66.8 Å². The molecule has 1 aliphatic carbocycles. The van der Waals surface area contributed by atoms with Crippen LogP contribution in [0.5, 0.6) is 5.75 Å². The molecule has 0 spiro atoms. The maximum Gasteiger partial charge on any atom is 0.242 e. The standard InChI is InChI=1S/C28H38N2O3/c1-21-11-15-24(16-12-21)20-30(23(3)28(32)29-25-8-5-4-6-9-25)27(31)10-7-19-33-26-17-13-22(2)14-18-26/h11-18,23,25H,4-10,19-20H2,1-3H3,(H,29,32)/t23-/m0/s1. The lowest BCUT2D eigenvalue weighted by Crippen LogP contribution is -2.50. The Morgan fingerprint density at radius 3 is 2.21 bits per heavy atom. The average Bonchev–Trinajstić information content (AvgIpc) is 2.82. The molecule has 0 aromatic heterocycles. The van der Waals surface area contributed by atoms with Gasteiger partial charge in [0.1, 0.15) is 11.8 Å². The third kappa shape index (κ3) is 7.92. The van der Waals surface area contributed by atoms with Gasteiger partial charge in [0.25, 0.3) is 0 Å². The Labute approximate surface area is 198 Å². The Hall–Kier alpha value is -2.82. The molecule has 33 heavy (non-hydrogen) atoms. The number of nitrogens with one attached hydrogen (secondary N) is 1. The normalized spacial score (nSPS) is 15.0. The number of nitrogens with zero attached hydrogens (tertiary/aromatic N) is 1. The van der Waals surface area contributed by atoms with Crippen LogP contribution in [0.25, 0.3) is 0 Å². The van der Waals surface area contributed by atoms with Gasteiger partial charge < -0.3 is 15.0 Å². The van der Waals surface area contributed by atoms with Crippen LogP contribution in [-0.2, 0) is 16.1 Å². The SMILES string of the molecule is Cc1ccc(CN(C(=O)CCCOc2ccc(C)cc2)[C@@H](C)C(=O)NC2CCCCC2)cc1. The van der Waals surface area contributed by atoms with E-state index in [9.17, 15) is 9.59 Å². The number of ether oxygens (including phenoxy) is 1. The highest BCUT2D eigenvalue weighted by molar-refractivity contribution is 5.87. The quantitative estimate of drug-likeness (QED) is 0.498. The van der Waals surface area contributed by atoms with Gasteiger partial charge in [-0.3, -0.25) is 9.59 Å². The minimum absolute atomic E-state index is 0.0191. The number of aryl methyl sites for hydroxylation is 2. The van der Waals surface area contributed by atoms with E-state index in [2.05, 4.69) is 5.32 Å². The van der Waals surface area contributed by atoms with Crippen molar-refractivity contribution >= 4 is 11.8 Å². The van der Waals surface area contributed by atoms with Crippen molar-refractivity contribution in [2.75, 3.05) is 6.61 Å². The van der Waals surface area contributed by atoms with Crippen molar-refractivity contribution in [1.82, 2.24) is 10.2 Å². The zero-order valence-electron chi connectivity index (χ0n) is 20.3. The molecule has 0 radical (unpaired) electrons. The maximum atomic E-state index is 13.2. The Balaban J connectivity index is 1.59. The monoisotopic (exact) mass is 450 g/mol. The molecule has 0 unspecified atom stereocenters. The van der Waals surface area contributed by atoms with Crippen LogP contribution in [0.1, 0.15) is 68.6 Å². The number of rotatable bonds is 10. The second-order valence-electron chi connectivity index (χ2n) is 9.29. The van der Waals surface area contributed by atoms with Crippen LogP contribution in [0.15, 0.2) is 48.5 Å². The molecule has 0 bridgehead atoms. The summed E-state index contributed by atoms with van der Waals surface area (Å²) in [5.41, 5.74) is 3.39. The lowest BCUT2D eigenvalue weighted by atomic mass is 9.95. The zero-order chi connectivity index (χ0) is 23.6. The molecule has 1 saturated carbocycles. The highest BCUT2D eigenvalue weighted by Gasteiger charge is 2.27. The van der Waals surface area contributed by atoms with Gasteiger partial charge in [-0.15, -0.1) is 0 Å². The highest BCUT2D eigenvalue weighted by atomic mass is 16.5. The van der Waals surface area contributed by atoms with Crippen LogP contribution in [-0.4, -0.2) is 35.4 Å². The van der Waals surface area contributed by atoms with E-state index in [0.29, 0.717) is 26.0 Å². The van der Waals surface area contributed by atoms with Crippen molar-refractivity contribution in [1.29, 1.82) is 0 Å². The van der Waals surface area contributed by atoms with Crippen LogP contribution in [0.2, 0.25) is 0 Å². The molecule has 1 aliphatic rings. The van der Waals surface area contributed by atoms with Crippen molar-refractivity contribution in [2.45, 2.75) is 84.3 Å². The van der Waals surface area contributed by atoms with Crippen molar-refractivity contribution in [2.24, 2.45) is 0 Å². The van der Waals surface area contributed by atoms with Gasteiger partial charge in [-0.2, -0.15) is 0 Å². The smallest absolute Gasteiger partial charge is 0.242 e. The molecule has 5 heteroatoms. The van der Waals surface area contributed by atoms with E-state index in [1.807, 2.05) is 69.3 Å². The average molecular weight is 451 g/mol. The molecule has 2 amide bonds. The predicted octanol–water partition coefficient (Wildman–Crippen LogP) is 5.33. The van der Waals surface area contributed by atoms with Gasteiger partial charge in [0.15, 0.2) is 0 Å². The second kappa shape index (κ2) is 12.4. The molecule has 0 aliphatic heterocycles. The van der Waals surface area contributed by atoms with Crippen molar-refractivity contribution in [3.63, 3.8) is 0 Å². The van der Waals surface area contributed by atoms with Gasteiger partial charge in [-0.05, 0) is 57.7 Å². The lowest BCUT2D eigenvalue weighted by Gasteiger charge is -2.31. The fraction of sp³-hybridized carbons (Fsp3) is 0.500. The van der Waals surface area contributed by atoms with Crippen LogP contribution >= 0.6 is 0 Å². The molecule has 2 aromatic rings. The van der Waals surface area contributed by atoms with Gasteiger partial charge in [0.2, 0.25) is 11.8 Å². The number of carbonyl (C=O) groups is 2. The van der Waals surface area contributed by atoms with Gasteiger partial charge in [0.05, 0.1) is 6.61 Å². The second-order valence-corrected chi connectivity index (χ2v) is 9.29. The number of hydrogen-bond acceptors (Lipinski definition) is 3. The molecule has 1 atom stereocenters. The van der Waals surface area contributed by atoms with Crippen LogP contribution < -0.4 is 10.1 Å². The molecule has 3 rings (SSSR count). The van der Waals surface area contributed by atoms with Gasteiger partial charge >= 0.3 is 0 Å². The largest absolute Gasteiger partial charge is 0.494 e. The summed E-state index contributed by atoms with van der Waals surface area (Å²) in [5, 5.41) is 3.18. The maximum absolute atomic E-state index is 13.2. The van der Waals surface area contributed by atoms with E-state index in [1.165, 1.54) is 17.5 Å². The first-order valence-corrected chi connectivity index (χ1v) is 12.3. The van der Waals surface area contributed by atoms with Gasteiger partial charge in [-0.25, -0.2) is 0 Å². The summed E-state index contributed by atoms with van der Waals surface area (Å²) in [6.07, 6.45) is 6.57. The summed E-state index contributed by atoms with van der Waals surface area (Å²) in [6, 6.07) is 15.8. The molecular formula is C28H38N2O3. The first-order chi connectivity index (χ1) is 15.9. The zero-order valence-corrected chi connectivity index (χ0v) is 20.3. The number of amides is 2. The minimum atomic E-state index is -0.515. The lowest BCUT2D eigenvalue weighted by molar-refractivity contribution is -0.141. The Bertz CT molecular complexity index is 886. The summed E-state index contributed by atoms with van der Waals surface area (Å²) in [6.45, 7) is 6.82. The number of carbonyl (C=O) groups excluding carboxylic acids is 2. The summed E-state index contributed by atoms with van der Waals surface area (Å²) >= 11 is 0. The summed E-state index contributed by atoms with van der Waals surface area (Å²) in [5.74, 6) is 0.734. The van der Waals surface area contributed by atoms with Crippen molar-refractivity contribution in [3.8, 4) is 5.75 Å². The van der Waals surface area contributed by atoms with E-state index in [4.69, 9.17) is 4.74 Å². The van der Waals surface area contributed by atoms with E-state index in [1.54, 1.807) is 4.90 Å². The number of benzene rings is 2. The third-order valence-corrected chi connectivity index (χ3v) is 6.42. The molecule has 1 fully saturated rings. The molecule has 0 heterocycles. The van der Waals surface area contributed by atoms with Crippen molar-refractivity contribution < 1.29 is 14.3 Å². The van der Waals surface area contributed by atoms with Crippen LogP contribution in [0, 0.1) is 13.8 Å². The fourth-order valence-corrected chi connectivity index (χ4v) is 4.23. The van der Waals surface area contributed by atoms with E-state index in [0.717, 1.165) is 37.0 Å². The fourth-order valence-electron chi connectivity index (χ4n) is 4.23. The van der Waals surface area contributed by atoms with E-state index in [-0.39, 0.29) is 17.9 Å². The van der Waals surface area contributed by atoms with Crippen LogP contribution in [0.4, 0.5) is 0 Å². The Kier molecular flexibility index (Phi) is 9.35. The molecule has 178 valence electrons. The summed E-state index contributed by atoms with van der Waals surface area (Å²) in [4.78, 5) is 27.9. The Morgan fingerprint density at radius 1 is 0.970 bits per heavy atom. The first-order valence-electron chi connectivity index (χ1n) is 12.3. The Morgan fingerprint density at radius 2 is 1.58 bits per heavy atom. The number of hydrogen-bond donors (Lipinski definition) is 1. The van der Waals surface area contributed by atoms with E-state index >= 15 is 0 Å². The molecule has 5 nitrogen and oxygen atoms in total. The molecule has 0 saturated heterocycles. The summed E-state index contributed by atoms with van der Waals surface area (Å²) < 4.78 is 5.78. The van der Waals surface area contributed by atoms with E-state index < -0.39 is 6.04 Å². The topological polar surface area (TPSA) is 58.6 Å². The summed E-state index contributed by atoms with van der Waals surface area (Å²) in [7, 11) is 0. The predicted molar refractivity (Wildman–Crippen MR) is 132 cm³/mol. The highest BCUT2D eigenvalue weighted by Crippen LogP contribution is 2.19. The first kappa shape index (κ1) is 24.8. The molecular weight excluding hydrogens is 412 g/mol. The van der Waals surface area contributed by atoms with Crippen LogP contribution in [0.3, 0.4) is 0 Å². The minimum Gasteiger partial charge on any atom is -0.494 e. The molecule has 1 N–H and O–H groups in total. The third-order valence-electron chi connectivity index (χ3n) is 6.42. The molecule has 2 aromatic carbocycles. The van der Waals surface area contributed by atoms with Crippen molar-refractivity contribution in [3.05, 3.63) is 65.2 Å².